The Morgan fingerprint density at radius 1 is 1.11 bits per heavy atom. The lowest BCUT2D eigenvalue weighted by Gasteiger charge is -2.15. The molecule has 0 aliphatic heterocycles. The SMILES string of the molecule is CN(C)c1cccc(Nc2ccc(N)cc2I)c1. The van der Waals surface area contributed by atoms with E-state index >= 15 is 0 Å². The molecule has 0 radical (unpaired) electrons. The molecular weight excluding hydrogens is 337 g/mol. The summed E-state index contributed by atoms with van der Waals surface area (Å²) in [7, 11) is 4.07. The van der Waals surface area contributed by atoms with Crippen LogP contribution in [0.5, 0.6) is 0 Å². The Morgan fingerprint density at radius 2 is 1.89 bits per heavy atom. The van der Waals surface area contributed by atoms with Crippen molar-refractivity contribution in [2.45, 2.75) is 0 Å². The number of nitrogens with one attached hydrogen (secondary N) is 1. The Hall–Kier alpha value is -1.43. The number of nitrogens with zero attached hydrogens (tertiary/aromatic N) is 1. The first-order valence-electron chi connectivity index (χ1n) is 5.66. The van der Waals surface area contributed by atoms with Crippen molar-refractivity contribution in [1.82, 2.24) is 0 Å². The van der Waals surface area contributed by atoms with Gasteiger partial charge in [-0.05, 0) is 59.0 Å². The van der Waals surface area contributed by atoms with E-state index in [-0.39, 0.29) is 0 Å². The van der Waals surface area contributed by atoms with Crippen LogP contribution in [0.25, 0.3) is 0 Å². The van der Waals surface area contributed by atoms with Gasteiger partial charge >= 0.3 is 0 Å². The summed E-state index contributed by atoms with van der Waals surface area (Å²) >= 11 is 2.28. The van der Waals surface area contributed by atoms with E-state index in [9.17, 15) is 0 Å². The maximum Gasteiger partial charge on any atom is 0.0521 e. The first-order valence-corrected chi connectivity index (χ1v) is 6.73. The van der Waals surface area contributed by atoms with E-state index in [0.29, 0.717) is 0 Å². The van der Waals surface area contributed by atoms with Crippen molar-refractivity contribution in [3.63, 3.8) is 0 Å². The molecule has 0 heterocycles. The molecule has 4 heteroatoms. The monoisotopic (exact) mass is 353 g/mol. The Kier molecular flexibility index (Phi) is 3.96. The molecule has 3 N–H and O–H groups in total. The molecule has 0 saturated carbocycles. The molecule has 18 heavy (non-hydrogen) atoms. The number of hydrogen-bond acceptors (Lipinski definition) is 3. The summed E-state index contributed by atoms with van der Waals surface area (Å²) in [4.78, 5) is 2.08. The number of anilines is 4. The third kappa shape index (κ3) is 3.07. The molecule has 0 aliphatic rings. The molecule has 2 aromatic rings. The van der Waals surface area contributed by atoms with Gasteiger partial charge in [-0.25, -0.2) is 0 Å². The molecule has 0 unspecified atom stereocenters. The quantitative estimate of drug-likeness (QED) is 0.653. The minimum atomic E-state index is 0.784. The first-order chi connectivity index (χ1) is 8.56. The molecule has 0 atom stereocenters. The second kappa shape index (κ2) is 5.48. The van der Waals surface area contributed by atoms with Crippen LogP contribution >= 0.6 is 22.6 Å². The van der Waals surface area contributed by atoms with Crippen molar-refractivity contribution in [1.29, 1.82) is 0 Å². The van der Waals surface area contributed by atoms with E-state index in [1.165, 1.54) is 5.69 Å². The van der Waals surface area contributed by atoms with E-state index in [2.05, 4.69) is 51.0 Å². The zero-order valence-electron chi connectivity index (χ0n) is 10.4. The van der Waals surface area contributed by atoms with Gasteiger partial charge in [-0.3, -0.25) is 0 Å². The van der Waals surface area contributed by atoms with Crippen molar-refractivity contribution in [2.75, 3.05) is 30.0 Å². The van der Waals surface area contributed by atoms with E-state index in [4.69, 9.17) is 5.73 Å². The second-order valence-electron chi connectivity index (χ2n) is 4.31. The molecule has 0 aromatic heterocycles. The summed E-state index contributed by atoms with van der Waals surface area (Å²) in [5.41, 5.74) is 9.84. The third-order valence-corrected chi connectivity index (χ3v) is 3.53. The van der Waals surface area contributed by atoms with Gasteiger partial charge in [-0.15, -0.1) is 0 Å². The van der Waals surface area contributed by atoms with Gasteiger partial charge in [-0.2, -0.15) is 0 Å². The van der Waals surface area contributed by atoms with Crippen LogP contribution in [0, 0.1) is 3.57 Å². The van der Waals surface area contributed by atoms with Gasteiger partial charge in [0.15, 0.2) is 0 Å². The standard InChI is InChI=1S/C14H16IN3/c1-18(2)12-5-3-4-11(9-12)17-14-7-6-10(16)8-13(14)15/h3-9,17H,16H2,1-2H3. The number of nitrogen functional groups attached to an aromatic ring is 1. The minimum Gasteiger partial charge on any atom is -0.399 e. The number of hydrogen-bond donors (Lipinski definition) is 2. The predicted octanol–water partition coefficient (Wildman–Crippen LogP) is 3.68. The van der Waals surface area contributed by atoms with Crippen LogP contribution in [0.1, 0.15) is 0 Å². The predicted molar refractivity (Wildman–Crippen MR) is 87.6 cm³/mol. The lowest BCUT2D eigenvalue weighted by Crippen LogP contribution is -2.08. The van der Waals surface area contributed by atoms with Crippen LogP contribution in [0.4, 0.5) is 22.7 Å². The van der Waals surface area contributed by atoms with Crippen molar-refractivity contribution < 1.29 is 0 Å². The van der Waals surface area contributed by atoms with Crippen molar-refractivity contribution in [3.05, 3.63) is 46.0 Å². The van der Waals surface area contributed by atoms with Crippen molar-refractivity contribution in [2.24, 2.45) is 0 Å². The van der Waals surface area contributed by atoms with Gasteiger partial charge in [0.25, 0.3) is 0 Å². The fourth-order valence-corrected chi connectivity index (χ4v) is 2.32. The van der Waals surface area contributed by atoms with E-state index in [0.717, 1.165) is 20.6 Å². The molecular formula is C14H16IN3. The fraction of sp³-hybridized carbons (Fsp3) is 0.143. The average Bonchev–Trinajstić information content (AvgIpc) is 2.33. The lowest BCUT2D eigenvalue weighted by molar-refractivity contribution is 1.13. The van der Waals surface area contributed by atoms with Crippen LogP contribution < -0.4 is 16.0 Å². The molecule has 0 spiro atoms. The molecule has 2 rings (SSSR count). The van der Waals surface area contributed by atoms with E-state index in [1.54, 1.807) is 0 Å². The highest BCUT2D eigenvalue weighted by molar-refractivity contribution is 14.1. The lowest BCUT2D eigenvalue weighted by atomic mass is 10.2. The molecule has 0 saturated heterocycles. The third-order valence-electron chi connectivity index (χ3n) is 2.63. The summed E-state index contributed by atoms with van der Waals surface area (Å²) in [5.74, 6) is 0. The van der Waals surface area contributed by atoms with E-state index in [1.807, 2.05) is 38.4 Å². The zero-order valence-corrected chi connectivity index (χ0v) is 12.6. The van der Waals surface area contributed by atoms with Gasteiger partial charge in [0, 0.05) is 34.7 Å². The van der Waals surface area contributed by atoms with Crippen LogP contribution in [0.2, 0.25) is 0 Å². The zero-order chi connectivity index (χ0) is 13.1. The van der Waals surface area contributed by atoms with Gasteiger partial charge < -0.3 is 16.0 Å². The minimum absolute atomic E-state index is 0.784. The molecule has 2 aromatic carbocycles. The molecule has 0 amide bonds. The molecule has 94 valence electrons. The Balaban J connectivity index is 2.25. The molecule has 0 fully saturated rings. The average molecular weight is 353 g/mol. The summed E-state index contributed by atoms with van der Waals surface area (Å²) in [6, 6.07) is 14.2. The maximum atomic E-state index is 5.75. The first kappa shape index (κ1) is 13.0. The maximum absolute atomic E-state index is 5.75. The smallest absolute Gasteiger partial charge is 0.0521 e. The van der Waals surface area contributed by atoms with Crippen LogP contribution in [-0.4, -0.2) is 14.1 Å². The highest BCUT2D eigenvalue weighted by Gasteiger charge is 2.02. The largest absolute Gasteiger partial charge is 0.399 e. The summed E-state index contributed by atoms with van der Waals surface area (Å²) in [5, 5.41) is 3.40. The van der Waals surface area contributed by atoms with Crippen LogP contribution in [0.3, 0.4) is 0 Å². The normalized spacial score (nSPS) is 10.2. The van der Waals surface area contributed by atoms with Crippen LogP contribution in [0.15, 0.2) is 42.5 Å². The van der Waals surface area contributed by atoms with Gasteiger partial charge in [0.2, 0.25) is 0 Å². The van der Waals surface area contributed by atoms with Gasteiger partial charge in [-0.1, -0.05) is 6.07 Å². The second-order valence-corrected chi connectivity index (χ2v) is 5.47. The Bertz CT molecular complexity index is 552. The van der Waals surface area contributed by atoms with Crippen molar-refractivity contribution >= 4 is 45.3 Å². The van der Waals surface area contributed by atoms with Crippen molar-refractivity contribution in [3.8, 4) is 0 Å². The topological polar surface area (TPSA) is 41.3 Å². The summed E-state index contributed by atoms with van der Waals surface area (Å²) in [6.07, 6.45) is 0. The number of halogens is 1. The van der Waals surface area contributed by atoms with Gasteiger partial charge in [0.05, 0.1) is 5.69 Å². The highest BCUT2D eigenvalue weighted by atomic mass is 127. The number of benzene rings is 2. The summed E-state index contributed by atoms with van der Waals surface area (Å²) < 4.78 is 1.11. The Morgan fingerprint density at radius 3 is 2.56 bits per heavy atom. The number of nitrogens with two attached hydrogens (primary N) is 1. The fourth-order valence-electron chi connectivity index (χ4n) is 1.65. The molecule has 3 nitrogen and oxygen atoms in total. The summed E-state index contributed by atoms with van der Waals surface area (Å²) in [6.45, 7) is 0. The Labute approximate surface area is 121 Å². The van der Waals surface area contributed by atoms with Crippen LogP contribution in [-0.2, 0) is 0 Å². The van der Waals surface area contributed by atoms with Gasteiger partial charge in [0.1, 0.15) is 0 Å². The molecule has 0 bridgehead atoms. The molecule has 0 aliphatic carbocycles. The van der Waals surface area contributed by atoms with E-state index < -0.39 is 0 Å². The highest BCUT2D eigenvalue weighted by Crippen LogP contribution is 2.26. The number of rotatable bonds is 3.